The fourth-order valence-electron chi connectivity index (χ4n) is 2.85. The van der Waals surface area contributed by atoms with E-state index in [2.05, 4.69) is 35.2 Å². The van der Waals surface area contributed by atoms with Gasteiger partial charge in [0.25, 0.3) is 0 Å². The Morgan fingerprint density at radius 2 is 1.95 bits per heavy atom. The Hall–Kier alpha value is -1.51. The lowest BCUT2D eigenvalue weighted by Crippen LogP contribution is -2.19. The van der Waals surface area contributed by atoms with Crippen LogP contribution in [0.25, 0.3) is 0 Å². The van der Waals surface area contributed by atoms with Crippen molar-refractivity contribution in [3.63, 3.8) is 0 Å². The lowest BCUT2D eigenvalue weighted by molar-refractivity contribution is 0.282. The monoisotopic (exact) mass is 287 g/mol. The van der Waals surface area contributed by atoms with Crippen molar-refractivity contribution in [2.24, 2.45) is 0 Å². The van der Waals surface area contributed by atoms with Gasteiger partial charge in [0.2, 0.25) is 0 Å². The number of hydrogen-bond acceptors (Lipinski definition) is 2. The van der Waals surface area contributed by atoms with Gasteiger partial charge in [-0.3, -0.25) is 0 Å². The van der Waals surface area contributed by atoms with E-state index in [0.29, 0.717) is 10.9 Å². The molecule has 0 amide bonds. The van der Waals surface area contributed by atoms with Gasteiger partial charge in [0.05, 0.1) is 6.61 Å². The predicted molar refractivity (Wildman–Crippen MR) is 83.4 cm³/mol. The molecule has 2 aromatic carbocycles. The second-order valence-electron chi connectivity index (χ2n) is 5.28. The van der Waals surface area contributed by atoms with Crippen molar-refractivity contribution in [1.29, 1.82) is 0 Å². The molecule has 1 atom stereocenters. The van der Waals surface area contributed by atoms with Crippen molar-refractivity contribution in [3.05, 3.63) is 64.7 Å². The van der Waals surface area contributed by atoms with E-state index in [-0.39, 0.29) is 6.61 Å². The van der Waals surface area contributed by atoms with E-state index in [0.717, 1.165) is 24.3 Å². The van der Waals surface area contributed by atoms with Gasteiger partial charge in [0.15, 0.2) is 0 Å². The van der Waals surface area contributed by atoms with Gasteiger partial charge in [-0.15, -0.1) is 0 Å². The van der Waals surface area contributed by atoms with Crippen LogP contribution in [-0.2, 0) is 6.61 Å². The van der Waals surface area contributed by atoms with Crippen LogP contribution < -0.4 is 4.90 Å². The van der Waals surface area contributed by atoms with Gasteiger partial charge >= 0.3 is 0 Å². The van der Waals surface area contributed by atoms with E-state index in [1.807, 2.05) is 18.2 Å². The average molecular weight is 288 g/mol. The number of halogens is 1. The second-order valence-corrected chi connectivity index (χ2v) is 5.68. The Bertz CT molecular complexity index is 585. The van der Waals surface area contributed by atoms with E-state index in [1.165, 1.54) is 12.0 Å². The fraction of sp³-hybridized carbons (Fsp3) is 0.294. The molecule has 3 rings (SSSR count). The third-order valence-electron chi connectivity index (χ3n) is 4.03. The Morgan fingerprint density at radius 3 is 2.65 bits per heavy atom. The number of aliphatic hydroxyl groups is 1. The maximum absolute atomic E-state index is 9.17. The van der Waals surface area contributed by atoms with Crippen LogP contribution in [0, 0.1) is 0 Å². The highest BCUT2D eigenvalue weighted by Gasteiger charge is 2.24. The molecule has 0 bridgehead atoms. The molecule has 1 unspecified atom stereocenters. The molecule has 0 aliphatic carbocycles. The standard InChI is InChI=1S/C17H18ClNO/c18-17-10-16(7-6-15(17)12-20)19-9-8-14(11-19)13-4-2-1-3-5-13/h1-7,10,14,20H,8-9,11-12H2. The van der Waals surface area contributed by atoms with Gasteiger partial charge in [-0.25, -0.2) is 0 Å². The third-order valence-corrected chi connectivity index (χ3v) is 4.38. The van der Waals surface area contributed by atoms with Gasteiger partial charge in [-0.1, -0.05) is 48.0 Å². The van der Waals surface area contributed by atoms with Gasteiger partial charge in [0.1, 0.15) is 0 Å². The minimum Gasteiger partial charge on any atom is -0.392 e. The third kappa shape index (κ3) is 2.67. The molecule has 1 aliphatic rings. The first kappa shape index (κ1) is 13.5. The van der Waals surface area contributed by atoms with Gasteiger partial charge in [0, 0.05) is 29.7 Å². The maximum Gasteiger partial charge on any atom is 0.0696 e. The van der Waals surface area contributed by atoms with Crippen molar-refractivity contribution < 1.29 is 5.11 Å². The van der Waals surface area contributed by atoms with Crippen LogP contribution in [0.4, 0.5) is 5.69 Å². The smallest absolute Gasteiger partial charge is 0.0696 e. The number of benzene rings is 2. The van der Waals surface area contributed by atoms with Crippen LogP contribution in [0.2, 0.25) is 5.02 Å². The van der Waals surface area contributed by atoms with Crippen LogP contribution in [-0.4, -0.2) is 18.2 Å². The van der Waals surface area contributed by atoms with Crippen molar-refractivity contribution in [2.75, 3.05) is 18.0 Å². The SMILES string of the molecule is OCc1ccc(N2CCC(c3ccccc3)C2)cc1Cl. The molecular weight excluding hydrogens is 270 g/mol. The van der Waals surface area contributed by atoms with E-state index in [4.69, 9.17) is 16.7 Å². The highest BCUT2D eigenvalue weighted by atomic mass is 35.5. The van der Waals surface area contributed by atoms with Gasteiger partial charge in [-0.2, -0.15) is 0 Å². The van der Waals surface area contributed by atoms with Crippen molar-refractivity contribution in [3.8, 4) is 0 Å². The van der Waals surface area contributed by atoms with Crippen molar-refractivity contribution in [2.45, 2.75) is 18.9 Å². The summed E-state index contributed by atoms with van der Waals surface area (Å²) in [6.45, 7) is 2.07. The Morgan fingerprint density at radius 1 is 1.15 bits per heavy atom. The summed E-state index contributed by atoms with van der Waals surface area (Å²) in [5.74, 6) is 0.590. The first-order valence-electron chi connectivity index (χ1n) is 6.97. The zero-order valence-corrected chi connectivity index (χ0v) is 12.1. The van der Waals surface area contributed by atoms with Crippen LogP contribution in [0.3, 0.4) is 0 Å². The maximum atomic E-state index is 9.17. The molecule has 0 aromatic heterocycles. The number of nitrogens with zero attached hydrogens (tertiary/aromatic N) is 1. The lowest BCUT2D eigenvalue weighted by atomic mass is 9.99. The highest BCUT2D eigenvalue weighted by Crippen LogP contribution is 2.32. The largest absolute Gasteiger partial charge is 0.392 e. The molecule has 1 N–H and O–H groups in total. The summed E-state index contributed by atoms with van der Waals surface area (Å²) < 4.78 is 0. The van der Waals surface area contributed by atoms with Crippen LogP contribution in [0.15, 0.2) is 48.5 Å². The number of aliphatic hydroxyl groups excluding tert-OH is 1. The lowest BCUT2D eigenvalue weighted by Gasteiger charge is -2.19. The number of hydrogen-bond donors (Lipinski definition) is 1. The molecule has 1 fully saturated rings. The fourth-order valence-corrected chi connectivity index (χ4v) is 3.09. The summed E-state index contributed by atoms with van der Waals surface area (Å²) in [5.41, 5.74) is 3.34. The molecule has 0 saturated carbocycles. The zero-order valence-electron chi connectivity index (χ0n) is 11.3. The minimum absolute atomic E-state index is 0.00818. The summed E-state index contributed by atoms with van der Waals surface area (Å²) in [7, 11) is 0. The summed E-state index contributed by atoms with van der Waals surface area (Å²) in [5, 5.41) is 9.81. The second kappa shape index (κ2) is 5.86. The number of rotatable bonds is 3. The molecule has 0 spiro atoms. The highest BCUT2D eigenvalue weighted by molar-refractivity contribution is 6.31. The van der Waals surface area contributed by atoms with Crippen LogP contribution in [0.5, 0.6) is 0 Å². The van der Waals surface area contributed by atoms with Gasteiger partial charge < -0.3 is 10.0 Å². The van der Waals surface area contributed by atoms with E-state index in [9.17, 15) is 0 Å². The molecule has 1 saturated heterocycles. The molecule has 0 radical (unpaired) electrons. The van der Waals surface area contributed by atoms with Crippen molar-refractivity contribution in [1.82, 2.24) is 0 Å². The zero-order chi connectivity index (χ0) is 13.9. The first-order chi connectivity index (χ1) is 9.78. The first-order valence-corrected chi connectivity index (χ1v) is 7.35. The van der Waals surface area contributed by atoms with E-state index >= 15 is 0 Å². The van der Waals surface area contributed by atoms with E-state index < -0.39 is 0 Å². The molecule has 2 aromatic rings. The molecule has 3 heteroatoms. The Kier molecular flexibility index (Phi) is 3.95. The van der Waals surface area contributed by atoms with Crippen molar-refractivity contribution >= 4 is 17.3 Å². The van der Waals surface area contributed by atoms with Crippen LogP contribution in [0.1, 0.15) is 23.5 Å². The quantitative estimate of drug-likeness (QED) is 0.927. The molecular formula is C17H18ClNO. The predicted octanol–water partition coefficient (Wildman–Crippen LogP) is 3.83. The normalized spacial score (nSPS) is 18.5. The minimum atomic E-state index is -0.00818. The molecule has 1 aliphatic heterocycles. The molecule has 2 nitrogen and oxygen atoms in total. The topological polar surface area (TPSA) is 23.5 Å². The Balaban J connectivity index is 1.76. The summed E-state index contributed by atoms with van der Waals surface area (Å²) >= 11 is 6.17. The number of anilines is 1. The Labute approximate surface area is 124 Å². The summed E-state index contributed by atoms with van der Waals surface area (Å²) in [4.78, 5) is 2.37. The van der Waals surface area contributed by atoms with E-state index in [1.54, 1.807) is 0 Å². The molecule has 1 heterocycles. The van der Waals surface area contributed by atoms with Crippen LogP contribution >= 0.6 is 11.6 Å². The molecule has 104 valence electrons. The average Bonchev–Trinajstić information content (AvgIpc) is 2.98. The van der Waals surface area contributed by atoms with Gasteiger partial charge in [-0.05, 0) is 29.7 Å². The summed E-state index contributed by atoms with van der Waals surface area (Å²) in [6.07, 6.45) is 1.17. The molecule has 20 heavy (non-hydrogen) atoms. The summed E-state index contributed by atoms with van der Waals surface area (Å²) in [6, 6.07) is 16.6.